The highest BCUT2D eigenvalue weighted by atomic mass is 19.1. The third kappa shape index (κ3) is 13.8. The maximum atomic E-state index is 13.8. The average molecular weight is 832 g/mol. The molecule has 0 atom stereocenters. The van der Waals surface area contributed by atoms with Crippen LogP contribution in [-0.2, 0) is 32.3 Å². The number of anilines is 3. The van der Waals surface area contributed by atoms with Gasteiger partial charge in [0.1, 0.15) is 48.5 Å². The number of rotatable bonds is 18. The molecule has 5 rings (SSSR count). The standard InChI is InChI=1S/C47H46FN3O10/c1-6-23-58-46(56)35-16-21-39(42(27-35)60-29-32-12-17-36(48)18-13-32)51-44(54)33-15-20-38(40(25-33)57-24-22-43(53)61-47(3,4)5)50-45(55)34-14-19-37(49-30(2)52)41(26-34)59-28-31-10-8-7-9-11-31/h6-21,25-27H,1,22-24,28-29H2,2-5H3,(H,49,52)(H,50,55)(H,51,54). The fourth-order valence-electron chi connectivity index (χ4n) is 5.55. The number of carbonyl (C=O) groups is 5. The Bertz CT molecular complexity index is 2380. The van der Waals surface area contributed by atoms with Crippen LogP contribution in [0.1, 0.15) is 76.3 Å². The Morgan fingerprint density at radius 3 is 1.66 bits per heavy atom. The Hall–Kier alpha value is -7.48. The third-order valence-electron chi connectivity index (χ3n) is 8.37. The van der Waals surface area contributed by atoms with Crippen LogP contribution in [0.4, 0.5) is 21.5 Å². The van der Waals surface area contributed by atoms with E-state index in [4.69, 9.17) is 23.7 Å². The summed E-state index contributed by atoms with van der Waals surface area (Å²) in [5.74, 6) is -2.63. The molecule has 0 bridgehead atoms. The summed E-state index contributed by atoms with van der Waals surface area (Å²) >= 11 is 0. The average Bonchev–Trinajstić information content (AvgIpc) is 3.22. The van der Waals surface area contributed by atoms with Crippen LogP contribution in [0.5, 0.6) is 17.2 Å². The second-order valence-corrected chi connectivity index (χ2v) is 14.5. The summed E-state index contributed by atoms with van der Waals surface area (Å²) in [6.45, 7) is 10.1. The highest BCUT2D eigenvalue weighted by molar-refractivity contribution is 6.08. The van der Waals surface area contributed by atoms with E-state index in [1.54, 1.807) is 39.0 Å². The number of carbonyl (C=O) groups excluding carboxylic acids is 5. The van der Waals surface area contributed by atoms with Crippen LogP contribution < -0.4 is 30.2 Å². The predicted octanol–water partition coefficient (Wildman–Crippen LogP) is 8.90. The van der Waals surface area contributed by atoms with Gasteiger partial charge in [-0.25, -0.2) is 9.18 Å². The summed E-state index contributed by atoms with van der Waals surface area (Å²) in [7, 11) is 0. The summed E-state index contributed by atoms with van der Waals surface area (Å²) in [5, 5.41) is 8.31. The lowest BCUT2D eigenvalue weighted by Crippen LogP contribution is -2.25. The van der Waals surface area contributed by atoms with E-state index in [0.29, 0.717) is 11.3 Å². The van der Waals surface area contributed by atoms with Crippen molar-refractivity contribution in [3.8, 4) is 17.2 Å². The molecule has 0 aliphatic carbocycles. The number of hydrogen-bond acceptors (Lipinski definition) is 10. The summed E-state index contributed by atoms with van der Waals surface area (Å²) < 4.78 is 42.1. The molecule has 0 unspecified atom stereocenters. The second-order valence-electron chi connectivity index (χ2n) is 14.5. The first kappa shape index (κ1) is 44.6. The summed E-state index contributed by atoms with van der Waals surface area (Å²) in [5.41, 5.74) is 1.95. The van der Waals surface area contributed by atoms with Crippen LogP contribution in [-0.4, -0.2) is 48.5 Å². The molecule has 0 spiro atoms. The van der Waals surface area contributed by atoms with Crippen LogP contribution in [0.2, 0.25) is 0 Å². The molecule has 5 aromatic rings. The van der Waals surface area contributed by atoms with Gasteiger partial charge < -0.3 is 39.6 Å². The minimum Gasteiger partial charge on any atom is -0.491 e. The van der Waals surface area contributed by atoms with Gasteiger partial charge in [0.15, 0.2) is 0 Å². The molecule has 0 heterocycles. The normalized spacial score (nSPS) is 10.8. The molecule has 0 fully saturated rings. The third-order valence-corrected chi connectivity index (χ3v) is 8.37. The molecule has 13 nitrogen and oxygen atoms in total. The Morgan fingerprint density at radius 1 is 0.639 bits per heavy atom. The van der Waals surface area contributed by atoms with Crippen molar-refractivity contribution in [3.63, 3.8) is 0 Å². The van der Waals surface area contributed by atoms with Crippen molar-refractivity contribution in [1.29, 1.82) is 0 Å². The van der Waals surface area contributed by atoms with Gasteiger partial charge in [-0.05, 0) is 98.6 Å². The number of halogens is 1. The van der Waals surface area contributed by atoms with Gasteiger partial charge in [-0.3, -0.25) is 19.2 Å². The zero-order chi connectivity index (χ0) is 43.9. The number of amides is 3. The van der Waals surface area contributed by atoms with E-state index >= 15 is 0 Å². The molecule has 5 aromatic carbocycles. The van der Waals surface area contributed by atoms with E-state index in [2.05, 4.69) is 22.5 Å². The van der Waals surface area contributed by atoms with Crippen LogP contribution in [0.3, 0.4) is 0 Å². The fraction of sp³-hybridized carbons (Fsp3) is 0.213. The number of nitrogens with one attached hydrogen (secondary N) is 3. The van der Waals surface area contributed by atoms with E-state index in [0.717, 1.165) is 5.56 Å². The lowest BCUT2D eigenvalue weighted by Gasteiger charge is -2.20. The van der Waals surface area contributed by atoms with Gasteiger partial charge in [-0.1, -0.05) is 55.1 Å². The summed E-state index contributed by atoms with van der Waals surface area (Å²) in [4.78, 5) is 64.7. The van der Waals surface area contributed by atoms with Crippen molar-refractivity contribution in [1.82, 2.24) is 0 Å². The van der Waals surface area contributed by atoms with Crippen LogP contribution in [0.25, 0.3) is 0 Å². The number of hydrogen-bond donors (Lipinski definition) is 3. The largest absolute Gasteiger partial charge is 0.491 e. The van der Waals surface area contributed by atoms with Crippen LogP contribution in [0, 0.1) is 5.82 Å². The zero-order valence-electron chi connectivity index (χ0n) is 34.2. The number of benzene rings is 5. The first-order valence-corrected chi connectivity index (χ1v) is 19.2. The molecule has 0 aliphatic heterocycles. The van der Waals surface area contributed by atoms with Gasteiger partial charge in [-0.15, -0.1) is 0 Å². The van der Waals surface area contributed by atoms with E-state index in [1.807, 2.05) is 30.3 Å². The monoisotopic (exact) mass is 831 g/mol. The lowest BCUT2D eigenvalue weighted by molar-refractivity contribution is -0.155. The Balaban J connectivity index is 1.41. The van der Waals surface area contributed by atoms with E-state index in [9.17, 15) is 28.4 Å². The topological polar surface area (TPSA) is 168 Å². The van der Waals surface area contributed by atoms with Crippen LogP contribution >= 0.6 is 0 Å². The highest BCUT2D eigenvalue weighted by Gasteiger charge is 2.20. The predicted molar refractivity (Wildman–Crippen MR) is 227 cm³/mol. The van der Waals surface area contributed by atoms with Crippen LogP contribution in [0.15, 0.2) is 122 Å². The van der Waals surface area contributed by atoms with Gasteiger partial charge >= 0.3 is 11.9 Å². The Kier molecular flexibility index (Phi) is 15.3. The Morgan fingerprint density at radius 2 is 1.13 bits per heavy atom. The molecule has 0 radical (unpaired) electrons. The minimum atomic E-state index is -0.723. The maximum Gasteiger partial charge on any atom is 0.338 e. The molecule has 0 saturated heterocycles. The molecule has 61 heavy (non-hydrogen) atoms. The molecule has 0 saturated carbocycles. The minimum absolute atomic E-state index is 0.0171. The first-order valence-electron chi connectivity index (χ1n) is 19.2. The summed E-state index contributed by atoms with van der Waals surface area (Å²) in [6, 6.07) is 28.3. The molecule has 3 amide bonds. The van der Waals surface area contributed by atoms with Gasteiger partial charge in [0.25, 0.3) is 11.8 Å². The molecule has 0 aromatic heterocycles. The molecule has 3 N–H and O–H groups in total. The number of ether oxygens (including phenoxy) is 5. The highest BCUT2D eigenvalue weighted by Crippen LogP contribution is 2.32. The molecule has 316 valence electrons. The Labute approximate surface area is 352 Å². The summed E-state index contributed by atoms with van der Waals surface area (Å²) in [6.07, 6.45) is 1.29. The fourth-order valence-corrected chi connectivity index (χ4v) is 5.55. The number of esters is 2. The molecular weight excluding hydrogens is 786 g/mol. The van der Waals surface area contributed by atoms with Gasteiger partial charge in [0, 0.05) is 18.1 Å². The lowest BCUT2D eigenvalue weighted by atomic mass is 10.1. The van der Waals surface area contributed by atoms with Crippen molar-refractivity contribution in [2.75, 3.05) is 29.2 Å². The van der Waals surface area contributed by atoms with Gasteiger partial charge in [0.05, 0.1) is 35.7 Å². The first-order chi connectivity index (χ1) is 29.2. The maximum absolute atomic E-state index is 13.8. The quantitative estimate of drug-likeness (QED) is 0.0573. The van der Waals surface area contributed by atoms with Gasteiger partial charge in [0.2, 0.25) is 5.91 Å². The van der Waals surface area contributed by atoms with Crippen molar-refractivity contribution in [2.24, 2.45) is 0 Å². The van der Waals surface area contributed by atoms with E-state index in [1.165, 1.54) is 73.7 Å². The molecule has 14 heteroatoms. The zero-order valence-corrected chi connectivity index (χ0v) is 34.2. The smallest absolute Gasteiger partial charge is 0.338 e. The van der Waals surface area contributed by atoms with E-state index in [-0.39, 0.29) is 84.1 Å². The van der Waals surface area contributed by atoms with Crippen molar-refractivity contribution in [2.45, 2.75) is 52.9 Å². The molecule has 0 aliphatic rings. The molecular formula is C47H46FN3O10. The van der Waals surface area contributed by atoms with Crippen molar-refractivity contribution >= 4 is 46.7 Å². The van der Waals surface area contributed by atoms with Gasteiger partial charge in [-0.2, -0.15) is 0 Å². The van der Waals surface area contributed by atoms with Crippen molar-refractivity contribution < 1.29 is 52.0 Å². The SMILES string of the molecule is C=CCOC(=O)c1ccc(NC(=O)c2ccc(NC(=O)c3ccc(NC(C)=O)c(OCc4ccccc4)c3)c(OCCC(=O)OC(C)(C)C)c2)c(OCc2ccc(F)cc2)c1. The second kappa shape index (κ2) is 21.0. The van der Waals surface area contributed by atoms with E-state index < -0.39 is 35.2 Å². The van der Waals surface area contributed by atoms with Crippen molar-refractivity contribution in [3.05, 3.63) is 155 Å².